The van der Waals surface area contributed by atoms with E-state index in [9.17, 15) is 0 Å². The Bertz CT molecular complexity index is 422. The second-order valence-corrected chi connectivity index (χ2v) is 6.66. The minimum absolute atomic E-state index is 0.696. The molecule has 1 aliphatic heterocycles. The van der Waals surface area contributed by atoms with Gasteiger partial charge in [0.1, 0.15) is 11.5 Å². The highest BCUT2D eigenvalue weighted by Crippen LogP contribution is 2.47. The van der Waals surface area contributed by atoms with Crippen LogP contribution >= 0.6 is 0 Å². The van der Waals surface area contributed by atoms with Gasteiger partial charge in [-0.05, 0) is 62.9 Å². The number of rotatable bonds is 6. The minimum Gasteiger partial charge on any atom is -0.464 e. The molecule has 2 heterocycles. The molecular weight excluding hydrogens is 248 g/mol. The lowest BCUT2D eigenvalue weighted by Gasteiger charge is -2.28. The fourth-order valence-corrected chi connectivity index (χ4v) is 3.37. The van der Waals surface area contributed by atoms with Gasteiger partial charge in [0.25, 0.3) is 0 Å². The van der Waals surface area contributed by atoms with Crippen LogP contribution in [0.2, 0.25) is 0 Å². The van der Waals surface area contributed by atoms with E-state index in [1.807, 2.05) is 0 Å². The Morgan fingerprint density at radius 2 is 2.25 bits per heavy atom. The fourth-order valence-electron chi connectivity index (χ4n) is 3.37. The van der Waals surface area contributed by atoms with Crippen LogP contribution < -0.4 is 5.32 Å². The van der Waals surface area contributed by atoms with E-state index >= 15 is 0 Å². The van der Waals surface area contributed by atoms with Gasteiger partial charge in [-0.2, -0.15) is 0 Å². The van der Waals surface area contributed by atoms with E-state index in [1.165, 1.54) is 44.7 Å². The quantitative estimate of drug-likeness (QED) is 0.864. The van der Waals surface area contributed by atoms with Crippen LogP contribution in [0.25, 0.3) is 0 Å². The Hall–Kier alpha value is -0.800. The monoisotopic (exact) mass is 276 g/mol. The van der Waals surface area contributed by atoms with Crippen molar-refractivity contribution in [3.63, 3.8) is 0 Å². The highest BCUT2D eigenvalue weighted by Gasteiger charge is 2.36. The van der Waals surface area contributed by atoms with Crippen LogP contribution in [0.1, 0.15) is 50.5 Å². The Kier molecular flexibility index (Phi) is 4.47. The number of nitrogens with zero attached hydrogens (tertiary/aromatic N) is 1. The molecule has 3 atom stereocenters. The average Bonchev–Trinajstić information content (AvgIpc) is 3.02. The van der Waals surface area contributed by atoms with Gasteiger partial charge in [0.2, 0.25) is 0 Å². The molecule has 1 saturated heterocycles. The molecule has 1 aliphatic carbocycles. The summed E-state index contributed by atoms with van der Waals surface area (Å²) in [7, 11) is 0. The topological polar surface area (TPSA) is 28.4 Å². The Morgan fingerprint density at radius 3 is 2.90 bits per heavy atom. The van der Waals surface area contributed by atoms with Crippen LogP contribution in [-0.4, -0.2) is 31.1 Å². The van der Waals surface area contributed by atoms with Crippen molar-refractivity contribution in [1.29, 1.82) is 0 Å². The molecule has 0 radical (unpaired) electrons. The van der Waals surface area contributed by atoms with Crippen molar-refractivity contribution >= 4 is 0 Å². The summed E-state index contributed by atoms with van der Waals surface area (Å²) in [4.78, 5) is 2.52. The second-order valence-electron chi connectivity index (χ2n) is 6.66. The molecule has 0 amide bonds. The fraction of sp³-hybridized carbons (Fsp3) is 0.765. The predicted molar refractivity (Wildman–Crippen MR) is 81.8 cm³/mol. The normalized spacial score (nSPS) is 29.9. The van der Waals surface area contributed by atoms with Gasteiger partial charge in [0, 0.05) is 12.5 Å². The molecule has 1 aromatic rings. The highest BCUT2D eigenvalue weighted by molar-refractivity contribution is 5.17. The number of hydrogen-bond donors (Lipinski definition) is 1. The van der Waals surface area contributed by atoms with E-state index in [4.69, 9.17) is 4.42 Å². The molecule has 0 spiro atoms. The predicted octanol–water partition coefficient (Wildman–Crippen LogP) is 3.22. The maximum Gasteiger partial charge on any atom is 0.118 e. The smallest absolute Gasteiger partial charge is 0.118 e. The van der Waals surface area contributed by atoms with Gasteiger partial charge in [-0.3, -0.25) is 4.90 Å². The zero-order chi connectivity index (χ0) is 13.9. The van der Waals surface area contributed by atoms with Crippen LogP contribution in [0.15, 0.2) is 16.5 Å². The van der Waals surface area contributed by atoms with Crippen LogP contribution in [0.3, 0.4) is 0 Å². The van der Waals surface area contributed by atoms with Gasteiger partial charge in [-0.1, -0.05) is 13.8 Å². The van der Waals surface area contributed by atoms with Crippen LogP contribution in [0.5, 0.6) is 0 Å². The highest BCUT2D eigenvalue weighted by atomic mass is 16.3. The molecule has 2 fully saturated rings. The summed E-state index contributed by atoms with van der Waals surface area (Å²) in [6.45, 7) is 10.2. The van der Waals surface area contributed by atoms with Crippen molar-refractivity contribution in [2.24, 2.45) is 11.8 Å². The Balaban J connectivity index is 1.52. The van der Waals surface area contributed by atoms with Gasteiger partial charge in [-0.25, -0.2) is 0 Å². The van der Waals surface area contributed by atoms with E-state index in [0.717, 1.165) is 30.7 Å². The number of nitrogens with one attached hydrogen (secondary N) is 1. The summed E-state index contributed by atoms with van der Waals surface area (Å²) in [6.07, 6.45) is 4.00. The van der Waals surface area contributed by atoms with Gasteiger partial charge >= 0.3 is 0 Å². The first-order valence-corrected chi connectivity index (χ1v) is 8.28. The lowest BCUT2D eigenvalue weighted by Crippen LogP contribution is -2.38. The first-order valence-electron chi connectivity index (χ1n) is 8.28. The largest absolute Gasteiger partial charge is 0.464 e. The second kappa shape index (κ2) is 6.31. The van der Waals surface area contributed by atoms with Crippen molar-refractivity contribution in [3.8, 4) is 0 Å². The molecule has 0 aromatic carbocycles. The van der Waals surface area contributed by atoms with Crippen molar-refractivity contribution in [2.75, 3.05) is 26.2 Å². The molecule has 0 bridgehead atoms. The molecule has 20 heavy (non-hydrogen) atoms. The molecule has 1 saturated carbocycles. The third-order valence-corrected chi connectivity index (χ3v) is 4.90. The van der Waals surface area contributed by atoms with Gasteiger partial charge in [0.15, 0.2) is 0 Å². The SMILES string of the molecule is CCN(Cc1ccc(C2CC2C)o1)CC1CCCNC1. The van der Waals surface area contributed by atoms with Gasteiger partial charge in [-0.15, -0.1) is 0 Å². The zero-order valence-electron chi connectivity index (χ0n) is 12.9. The van der Waals surface area contributed by atoms with Gasteiger partial charge in [0.05, 0.1) is 6.54 Å². The van der Waals surface area contributed by atoms with Crippen molar-refractivity contribution in [2.45, 2.75) is 45.6 Å². The molecular formula is C17H28N2O. The third-order valence-electron chi connectivity index (χ3n) is 4.90. The lowest BCUT2D eigenvalue weighted by atomic mass is 9.99. The first-order chi connectivity index (χ1) is 9.76. The summed E-state index contributed by atoms with van der Waals surface area (Å²) in [5.74, 6) is 4.68. The van der Waals surface area contributed by atoms with Crippen molar-refractivity contribution in [1.82, 2.24) is 10.2 Å². The van der Waals surface area contributed by atoms with Crippen LogP contribution in [-0.2, 0) is 6.54 Å². The minimum atomic E-state index is 0.696. The molecule has 1 aromatic heterocycles. The van der Waals surface area contributed by atoms with E-state index in [1.54, 1.807) is 0 Å². The summed E-state index contributed by atoms with van der Waals surface area (Å²) >= 11 is 0. The Morgan fingerprint density at radius 1 is 1.40 bits per heavy atom. The molecule has 3 heteroatoms. The average molecular weight is 276 g/mol. The zero-order valence-corrected chi connectivity index (χ0v) is 12.9. The van der Waals surface area contributed by atoms with Crippen molar-refractivity contribution in [3.05, 3.63) is 23.7 Å². The van der Waals surface area contributed by atoms with E-state index < -0.39 is 0 Å². The molecule has 1 N–H and O–H groups in total. The number of hydrogen-bond acceptors (Lipinski definition) is 3. The summed E-state index contributed by atoms with van der Waals surface area (Å²) in [6, 6.07) is 4.38. The summed E-state index contributed by atoms with van der Waals surface area (Å²) < 4.78 is 6.04. The van der Waals surface area contributed by atoms with E-state index in [-0.39, 0.29) is 0 Å². The van der Waals surface area contributed by atoms with Gasteiger partial charge < -0.3 is 9.73 Å². The first kappa shape index (κ1) is 14.2. The summed E-state index contributed by atoms with van der Waals surface area (Å²) in [5.41, 5.74) is 0. The molecule has 2 aliphatic rings. The number of piperidine rings is 1. The van der Waals surface area contributed by atoms with Crippen molar-refractivity contribution < 1.29 is 4.42 Å². The van der Waals surface area contributed by atoms with Crippen LogP contribution in [0, 0.1) is 11.8 Å². The Labute approximate surface area is 122 Å². The standard InChI is InChI=1S/C17H28N2O/c1-3-19(11-14-5-4-8-18-10-14)12-15-6-7-17(20-15)16-9-13(16)2/h6-7,13-14,16,18H,3-5,8-12H2,1-2H3. The maximum atomic E-state index is 6.04. The molecule has 3 unspecified atom stereocenters. The maximum absolute atomic E-state index is 6.04. The molecule has 3 nitrogen and oxygen atoms in total. The molecule has 112 valence electrons. The van der Waals surface area contributed by atoms with E-state index in [2.05, 4.69) is 36.2 Å². The molecule has 3 rings (SSSR count). The van der Waals surface area contributed by atoms with E-state index in [0.29, 0.717) is 5.92 Å². The third kappa shape index (κ3) is 3.44. The summed E-state index contributed by atoms with van der Waals surface area (Å²) in [5, 5.41) is 3.51. The van der Waals surface area contributed by atoms with Crippen LogP contribution in [0.4, 0.5) is 0 Å². The number of furan rings is 1. The lowest BCUT2D eigenvalue weighted by molar-refractivity contribution is 0.196.